The van der Waals surface area contributed by atoms with Crippen LogP contribution in [0.2, 0.25) is 0 Å². The van der Waals surface area contributed by atoms with E-state index in [-0.39, 0.29) is 18.0 Å². The zero-order valence-corrected chi connectivity index (χ0v) is 16.9. The van der Waals surface area contributed by atoms with Crippen LogP contribution in [0.15, 0.2) is 54.6 Å². The minimum Gasteiger partial charge on any atom is -0.508 e. The number of amides is 1. The third-order valence-electron chi connectivity index (χ3n) is 5.72. The molecule has 2 aromatic carbocycles. The van der Waals surface area contributed by atoms with Crippen LogP contribution < -0.4 is 15.1 Å². The first-order valence-corrected chi connectivity index (χ1v) is 10.3. The summed E-state index contributed by atoms with van der Waals surface area (Å²) < 4.78 is 0. The van der Waals surface area contributed by atoms with Crippen molar-refractivity contribution in [1.82, 2.24) is 5.32 Å². The fraction of sp³-hybridized carbons (Fsp3) is 0.435. The van der Waals surface area contributed by atoms with Crippen LogP contribution in [-0.2, 0) is 4.79 Å². The first-order valence-electron chi connectivity index (χ1n) is 10.3. The number of nitrogens with zero attached hydrogens (tertiary/aromatic N) is 1. The van der Waals surface area contributed by atoms with Crippen molar-refractivity contribution >= 4 is 11.6 Å². The number of aromatic hydroxyl groups is 1. The van der Waals surface area contributed by atoms with Crippen LogP contribution in [0.3, 0.4) is 0 Å². The van der Waals surface area contributed by atoms with E-state index in [0.717, 1.165) is 44.7 Å². The SMILES string of the molecule is CCC[C@H](NC(=O)[C@H](C)[NH+]1CCN(c2ccc(O)cc2)CC1)c1ccccc1. The van der Waals surface area contributed by atoms with Gasteiger partial charge in [-0.15, -0.1) is 0 Å². The largest absolute Gasteiger partial charge is 0.508 e. The topological polar surface area (TPSA) is 57.0 Å². The molecule has 0 aliphatic carbocycles. The standard InChI is InChI=1S/C23H31N3O2/c1-3-7-22(19-8-5-4-6-9-19)24-23(28)18(2)25-14-16-26(17-15-25)20-10-12-21(27)13-11-20/h4-6,8-13,18,22,27H,3,7,14-17H2,1-2H3,(H,24,28)/p+1/t18-,22-/m0/s1. The van der Waals surface area contributed by atoms with Gasteiger partial charge in [-0.25, -0.2) is 0 Å². The van der Waals surface area contributed by atoms with Crippen LogP contribution in [0.1, 0.15) is 38.3 Å². The van der Waals surface area contributed by atoms with Crippen LogP contribution >= 0.6 is 0 Å². The van der Waals surface area contributed by atoms with E-state index in [1.807, 2.05) is 37.3 Å². The van der Waals surface area contributed by atoms with Gasteiger partial charge in [-0.1, -0.05) is 43.7 Å². The molecule has 3 rings (SSSR count). The number of carbonyl (C=O) groups is 1. The Balaban J connectivity index is 1.55. The smallest absolute Gasteiger partial charge is 0.278 e. The Bertz CT molecular complexity index is 740. The summed E-state index contributed by atoms with van der Waals surface area (Å²) in [4.78, 5) is 16.6. The highest BCUT2D eigenvalue weighted by Crippen LogP contribution is 2.19. The molecule has 0 radical (unpaired) electrons. The maximum atomic E-state index is 12.9. The monoisotopic (exact) mass is 382 g/mol. The summed E-state index contributed by atoms with van der Waals surface area (Å²) in [6.07, 6.45) is 1.98. The molecule has 0 bridgehead atoms. The predicted octanol–water partition coefficient (Wildman–Crippen LogP) is 2.14. The van der Waals surface area contributed by atoms with Crippen LogP contribution in [0.4, 0.5) is 5.69 Å². The second-order valence-electron chi connectivity index (χ2n) is 7.64. The van der Waals surface area contributed by atoms with Gasteiger partial charge in [0.1, 0.15) is 5.75 Å². The highest BCUT2D eigenvalue weighted by molar-refractivity contribution is 5.80. The van der Waals surface area contributed by atoms with E-state index >= 15 is 0 Å². The number of hydrogen-bond donors (Lipinski definition) is 3. The molecule has 1 saturated heterocycles. The molecule has 28 heavy (non-hydrogen) atoms. The number of quaternary nitrogens is 1. The highest BCUT2D eigenvalue weighted by Gasteiger charge is 2.30. The van der Waals surface area contributed by atoms with E-state index in [2.05, 4.69) is 29.3 Å². The Morgan fingerprint density at radius 3 is 2.36 bits per heavy atom. The predicted molar refractivity (Wildman–Crippen MR) is 113 cm³/mol. The lowest BCUT2D eigenvalue weighted by atomic mass is 10.0. The van der Waals surface area contributed by atoms with E-state index < -0.39 is 0 Å². The zero-order chi connectivity index (χ0) is 19.9. The Morgan fingerprint density at radius 2 is 1.75 bits per heavy atom. The fourth-order valence-corrected chi connectivity index (χ4v) is 3.93. The molecule has 0 spiro atoms. The molecule has 2 atom stereocenters. The molecule has 5 nitrogen and oxygen atoms in total. The van der Waals surface area contributed by atoms with Gasteiger partial charge in [-0.2, -0.15) is 0 Å². The van der Waals surface area contributed by atoms with E-state index in [0.29, 0.717) is 5.75 Å². The molecule has 1 heterocycles. The number of piperazine rings is 1. The van der Waals surface area contributed by atoms with Gasteiger partial charge in [0.2, 0.25) is 0 Å². The molecule has 1 fully saturated rings. The van der Waals surface area contributed by atoms with Gasteiger partial charge in [-0.3, -0.25) is 4.79 Å². The third-order valence-corrected chi connectivity index (χ3v) is 5.72. The number of phenols is 1. The second kappa shape index (κ2) is 9.60. The molecular formula is C23H32N3O2+. The van der Waals surface area contributed by atoms with Gasteiger partial charge in [0.15, 0.2) is 6.04 Å². The van der Waals surface area contributed by atoms with Crippen molar-refractivity contribution in [3.8, 4) is 5.75 Å². The molecule has 1 amide bonds. The number of hydrogen-bond acceptors (Lipinski definition) is 3. The quantitative estimate of drug-likeness (QED) is 0.688. The summed E-state index contributed by atoms with van der Waals surface area (Å²) in [6.45, 7) is 7.87. The number of nitrogens with one attached hydrogen (secondary N) is 2. The van der Waals surface area contributed by atoms with E-state index in [4.69, 9.17) is 0 Å². The molecular weight excluding hydrogens is 350 g/mol. The fourth-order valence-electron chi connectivity index (χ4n) is 3.93. The van der Waals surface area contributed by atoms with Gasteiger partial charge < -0.3 is 20.2 Å². The Kier molecular flexibility index (Phi) is 6.93. The molecule has 5 heteroatoms. The summed E-state index contributed by atoms with van der Waals surface area (Å²) in [5.74, 6) is 0.425. The van der Waals surface area contributed by atoms with Crippen LogP contribution in [0.25, 0.3) is 0 Å². The average Bonchev–Trinajstić information content (AvgIpc) is 2.74. The Labute approximate surface area is 168 Å². The average molecular weight is 383 g/mol. The van der Waals surface area contributed by atoms with Crippen LogP contribution in [-0.4, -0.2) is 43.2 Å². The lowest BCUT2D eigenvalue weighted by Gasteiger charge is -2.36. The minimum absolute atomic E-state index is 0.0648. The van der Waals surface area contributed by atoms with Crippen LogP contribution in [0, 0.1) is 0 Å². The first-order chi connectivity index (χ1) is 13.6. The normalized spacial score (nSPS) is 17.1. The Morgan fingerprint density at radius 1 is 1.11 bits per heavy atom. The van der Waals surface area contributed by atoms with Gasteiger partial charge in [0, 0.05) is 5.69 Å². The zero-order valence-electron chi connectivity index (χ0n) is 16.9. The summed E-state index contributed by atoms with van der Waals surface area (Å²) in [7, 11) is 0. The maximum Gasteiger partial charge on any atom is 0.278 e. The summed E-state index contributed by atoms with van der Waals surface area (Å²) in [6, 6.07) is 17.6. The Hall–Kier alpha value is -2.53. The van der Waals surface area contributed by atoms with Crippen molar-refractivity contribution in [2.24, 2.45) is 0 Å². The number of phenolic OH excluding ortho intramolecular Hbond substituents is 1. The molecule has 1 aliphatic heterocycles. The first kappa shape index (κ1) is 20.2. The lowest BCUT2D eigenvalue weighted by Crippen LogP contribution is -3.19. The molecule has 0 unspecified atom stereocenters. The van der Waals surface area contributed by atoms with Gasteiger partial charge in [-0.05, 0) is 43.2 Å². The molecule has 1 aliphatic rings. The lowest BCUT2D eigenvalue weighted by molar-refractivity contribution is -0.914. The van der Waals surface area contributed by atoms with Crippen molar-refractivity contribution < 1.29 is 14.8 Å². The van der Waals surface area contributed by atoms with Gasteiger partial charge in [0.05, 0.1) is 32.2 Å². The minimum atomic E-state index is -0.0648. The van der Waals surface area contributed by atoms with E-state index in [1.165, 1.54) is 10.5 Å². The van der Waals surface area contributed by atoms with Crippen molar-refractivity contribution in [3.63, 3.8) is 0 Å². The molecule has 3 N–H and O–H groups in total. The van der Waals surface area contributed by atoms with Crippen molar-refractivity contribution in [2.45, 2.75) is 38.8 Å². The highest BCUT2D eigenvalue weighted by atomic mass is 16.3. The summed E-state index contributed by atoms with van der Waals surface area (Å²) >= 11 is 0. The van der Waals surface area contributed by atoms with Crippen molar-refractivity contribution in [1.29, 1.82) is 0 Å². The van der Waals surface area contributed by atoms with Crippen molar-refractivity contribution in [3.05, 3.63) is 60.2 Å². The van der Waals surface area contributed by atoms with Gasteiger partial charge >= 0.3 is 0 Å². The number of rotatable bonds is 7. The number of benzene rings is 2. The van der Waals surface area contributed by atoms with E-state index in [1.54, 1.807) is 12.1 Å². The maximum absolute atomic E-state index is 12.9. The van der Waals surface area contributed by atoms with Crippen LogP contribution in [0.5, 0.6) is 5.75 Å². The summed E-state index contributed by atoms with van der Waals surface area (Å²) in [5.41, 5.74) is 2.30. The molecule has 0 aromatic heterocycles. The second-order valence-corrected chi connectivity index (χ2v) is 7.64. The molecule has 150 valence electrons. The number of carbonyl (C=O) groups excluding carboxylic acids is 1. The molecule has 2 aromatic rings. The third kappa shape index (κ3) is 5.04. The number of anilines is 1. The molecule has 0 saturated carbocycles. The summed E-state index contributed by atoms with van der Waals surface area (Å²) in [5, 5.41) is 12.7. The van der Waals surface area contributed by atoms with Crippen molar-refractivity contribution in [2.75, 3.05) is 31.1 Å². The van der Waals surface area contributed by atoms with E-state index in [9.17, 15) is 9.90 Å². The van der Waals surface area contributed by atoms with Gasteiger partial charge in [0.25, 0.3) is 5.91 Å².